The minimum atomic E-state index is -0.785. The van der Waals surface area contributed by atoms with E-state index in [9.17, 15) is 23.7 Å². The maximum atomic E-state index is 13.4. The van der Waals surface area contributed by atoms with Gasteiger partial charge in [0.25, 0.3) is 11.6 Å². The van der Waals surface area contributed by atoms with Gasteiger partial charge in [-0.25, -0.2) is 8.78 Å². The van der Waals surface area contributed by atoms with Crippen LogP contribution in [-0.4, -0.2) is 10.8 Å². The average molecular weight is 407 g/mol. The highest BCUT2D eigenvalue weighted by atomic mass is 19.1. The van der Waals surface area contributed by atoms with Crippen molar-refractivity contribution in [3.63, 3.8) is 0 Å². The number of nitrogens with one attached hydrogen (secondary N) is 1. The van der Waals surface area contributed by atoms with Crippen LogP contribution in [0.5, 0.6) is 0 Å². The Balaban J connectivity index is 1.79. The molecule has 1 amide bonds. The first-order valence-corrected chi connectivity index (χ1v) is 9.01. The summed E-state index contributed by atoms with van der Waals surface area (Å²) in [7, 11) is 0. The standard InChI is InChI=1S/C22H15F2N3O3/c23-14-5-9-16(10-6-14)25-19-13-21(18-3-1-2-4-20(18)27(29)30)26(22(19)28)17-11-7-15(24)8-12-17/h1-13,21,25H/t21-/m0/s1. The second-order valence-electron chi connectivity index (χ2n) is 6.62. The van der Waals surface area contributed by atoms with Gasteiger partial charge < -0.3 is 5.32 Å². The number of nitrogens with zero attached hydrogens (tertiary/aromatic N) is 2. The van der Waals surface area contributed by atoms with Gasteiger partial charge in [-0.3, -0.25) is 19.8 Å². The van der Waals surface area contributed by atoms with Gasteiger partial charge in [0.15, 0.2) is 0 Å². The lowest BCUT2D eigenvalue weighted by Crippen LogP contribution is -2.31. The molecule has 3 aromatic rings. The first-order chi connectivity index (χ1) is 14.4. The molecule has 0 radical (unpaired) electrons. The molecule has 1 N–H and O–H groups in total. The Labute approximate surface area is 170 Å². The second-order valence-corrected chi connectivity index (χ2v) is 6.62. The zero-order chi connectivity index (χ0) is 21.3. The molecular formula is C22H15F2N3O3. The number of nitro groups is 1. The van der Waals surface area contributed by atoms with Gasteiger partial charge in [0, 0.05) is 17.4 Å². The fourth-order valence-electron chi connectivity index (χ4n) is 3.36. The monoisotopic (exact) mass is 407 g/mol. The van der Waals surface area contributed by atoms with Crippen LogP contribution in [0.3, 0.4) is 0 Å². The van der Waals surface area contributed by atoms with Gasteiger partial charge in [-0.05, 0) is 60.7 Å². The average Bonchev–Trinajstić information content (AvgIpc) is 3.06. The van der Waals surface area contributed by atoms with E-state index in [0.29, 0.717) is 16.9 Å². The summed E-state index contributed by atoms with van der Waals surface area (Å²) in [6.45, 7) is 0. The van der Waals surface area contributed by atoms with Crippen molar-refractivity contribution < 1.29 is 18.5 Å². The number of benzene rings is 3. The molecule has 6 nitrogen and oxygen atoms in total. The molecule has 0 spiro atoms. The summed E-state index contributed by atoms with van der Waals surface area (Å²) >= 11 is 0. The van der Waals surface area contributed by atoms with Crippen LogP contribution in [-0.2, 0) is 4.79 Å². The molecule has 3 aromatic carbocycles. The number of hydrogen-bond acceptors (Lipinski definition) is 4. The van der Waals surface area contributed by atoms with Gasteiger partial charge >= 0.3 is 0 Å². The fourth-order valence-corrected chi connectivity index (χ4v) is 3.36. The zero-order valence-corrected chi connectivity index (χ0v) is 15.5. The molecule has 8 heteroatoms. The van der Waals surface area contributed by atoms with E-state index in [1.165, 1.54) is 59.5 Å². The van der Waals surface area contributed by atoms with Crippen LogP contribution in [0.1, 0.15) is 11.6 Å². The molecule has 0 aliphatic carbocycles. The number of amides is 1. The number of para-hydroxylation sites is 1. The number of rotatable bonds is 5. The summed E-state index contributed by atoms with van der Waals surface area (Å²) in [4.78, 5) is 25.6. The molecule has 1 heterocycles. The lowest BCUT2D eigenvalue weighted by atomic mass is 10.0. The van der Waals surface area contributed by atoms with E-state index in [0.717, 1.165) is 0 Å². The first-order valence-electron chi connectivity index (χ1n) is 9.01. The minimum Gasteiger partial charge on any atom is -0.351 e. The van der Waals surface area contributed by atoms with Crippen LogP contribution >= 0.6 is 0 Å². The molecule has 0 bridgehead atoms. The summed E-state index contributed by atoms with van der Waals surface area (Å²) in [5.41, 5.74) is 1.22. The van der Waals surface area contributed by atoms with E-state index < -0.39 is 28.5 Å². The van der Waals surface area contributed by atoms with E-state index in [4.69, 9.17) is 0 Å². The number of hydrogen-bond donors (Lipinski definition) is 1. The number of halogens is 2. The Morgan fingerprint density at radius 3 is 2.13 bits per heavy atom. The third-order valence-electron chi connectivity index (χ3n) is 4.73. The fraction of sp³-hybridized carbons (Fsp3) is 0.0455. The molecule has 0 fully saturated rings. The number of carbonyl (C=O) groups excluding carboxylic acids is 1. The van der Waals surface area contributed by atoms with Crippen LogP contribution in [0.15, 0.2) is 84.6 Å². The highest BCUT2D eigenvalue weighted by Gasteiger charge is 2.37. The van der Waals surface area contributed by atoms with Gasteiger partial charge in [0.05, 0.1) is 16.5 Å². The van der Waals surface area contributed by atoms with Gasteiger partial charge in [0.1, 0.15) is 17.3 Å². The first kappa shape index (κ1) is 19.3. The van der Waals surface area contributed by atoms with E-state index in [1.807, 2.05) is 0 Å². The quantitative estimate of drug-likeness (QED) is 0.479. The topological polar surface area (TPSA) is 75.5 Å². The van der Waals surface area contributed by atoms with Crippen molar-refractivity contribution in [3.05, 3.63) is 112 Å². The molecule has 30 heavy (non-hydrogen) atoms. The van der Waals surface area contributed by atoms with Crippen molar-refractivity contribution in [3.8, 4) is 0 Å². The molecule has 150 valence electrons. The van der Waals surface area contributed by atoms with Crippen LogP contribution in [0.2, 0.25) is 0 Å². The van der Waals surface area contributed by atoms with Crippen LogP contribution in [0.4, 0.5) is 25.8 Å². The summed E-state index contributed by atoms with van der Waals surface area (Å²) in [6, 6.07) is 16.1. The third-order valence-corrected chi connectivity index (χ3v) is 4.73. The van der Waals surface area contributed by atoms with Crippen LogP contribution < -0.4 is 10.2 Å². The normalized spacial score (nSPS) is 15.8. The largest absolute Gasteiger partial charge is 0.351 e. The Morgan fingerprint density at radius 2 is 1.50 bits per heavy atom. The highest BCUT2D eigenvalue weighted by Crippen LogP contribution is 2.39. The molecule has 1 aliphatic heterocycles. The van der Waals surface area contributed by atoms with Crippen molar-refractivity contribution in [1.82, 2.24) is 0 Å². The van der Waals surface area contributed by atoms with Gasteiger partial charge in [-0.2, -0.15) is 0 Å². The minimum absolute atomic E-state index is 0.137. The van der Waals surface area contributed by atoms with Crippen LogP contribution in [0.25, 0.3) is 0 Å². The van der Waals surface area contributed by atoms with Crippen molar-refractivity contribution >= 4 is 23.0 Å². The van der Waals surface area contributed by atoms with Crippen molar-refractivity contribution in [1.29, 1.82) is 0 Å². The SMILES string of the molecule is O=C1C(Nc2ccc(F)cc2)=C[C@@H](c2ccccc2[N+](=O)[O-])N1c1ccc(F)cc1. The summed E-state index contributed by atoms with van der Waals surface area (Å²) < 4.78 is 26.6. The lowest BCUT2D eigenvalue weighted by molar-refractivity contribution is -0.385. The number of anilines is 2. The number of carbonyl (C=O) groups is 1. The molecule has 0 aromatic heterocycles. The third kappa shape index (κ3) is 3.62. The van der Waals surface area contributed by atoms with Crippen molar-refractivity contribution in [2.75, 3.05) is 10.2 Å². The molecule has 4 rings (SSSR count). The molecule has 1 atom stereocenters. The Morgan fingerprint density at radius 1 is 0.900 bits per heavy atom. The summed E-state index contributed by atoms with van der Waals surface area (Å²) in [5, 5.41) is 14.5. The molecular weight excluding hydrogens is 392 g/mol. The van der Waals surface area contributed by atoms with E-state index >= 15 is 0 Å². The molecule has 1 aliphatic rings. The second kappa shape index (κ2) is 7.75. The van der Waals surface area contributed by atoms with Crippen LogP contribution in [0, 0.1) is 21.7 Å². The lowest BCUT2D eigenvalue weighted by Gasteiger charge is -2.25. The molecule has 0 saturated carbocycles. The summed E-state index contributed by atoms with van der Waals surface area (Å²) in [6.07, 6.45) is 1.57. The summed E-state index contributed by atoms with van der Waals surface area (Å²) in [5.74, 6) is -1.34. The van der Waals surface area contributed by atoms with Crippen molar-refractivity contribution in [2.45, 2.75) is 6.04 Å². The predicted octanol–water partition coefficient (Wildman–Crippen LogP) is 4.96. The Hall–Kier alpha value is -4.07. The Bertz CT molecular complexity index is 1150. The zero-order valence-electron chi connectivity index (χ0n) is 15.5. The molecule has 0 saturated heterocycles. The molecule has 0 unspecified atom stereocenters. The van der Waals surface area contributed by atoms with Gasteiger partial charge in [-0.1, -0.05) is 12.1 Å². The smallest absolute Gasteiger partial charge is 0.275 e. The predicted molar refractivity (Wildman–Crippen MR) is 108 cm³/mol. The number of nitro benzene ring substituents is 1. The highest BCUT2D eigenvalue weighted by molar-refractivity contribution is 6.11. The van der Waals surface area contributed by atoms with Crippen molar-refractivity contribution in [2.24, 2.45) is 0 Å². The van der Waals surface area contributed by atoms with E-state index in [2.05, 4.69) is 5.32 Å². The van der Waals surface area contributed by atoms with E-state index in [-0.39, 0.29) is 11.4 Å². The maximum Gasteiger partial charge on any atom is 0.275 e. The van der Waals surface area contributed by atoms with Gasteiger partial charge in [0.2, 0.25) is 0 Å². The van der Waals surface area contributed by atoms with Gasteiger partial charge in [-0.15, -0.1) is 0 Å². The maximum absolute atomic E-state index is 13.4. The Kier molecular flexibility index (Phi) is 4.97. The van der Waals surface area contributed by atoms with E-state index in [1.54, 1.807) is 24.3 Å².